The summed E-state index contributed by atoms with van der Waals surface area (Å²) in [5, 5.41) is 0. The third-order valence-electron chi connectivity index (χ3n) is 4.19. The number of rotatable bonds is 2. The number of aldehydes is 1. The Hall–Kier alpha value is -0.410. The summed E-state index contributed by atoms with van der Waals surface area (Å²) < 4.78 is 5.43. The Kier molecular flexibility index (Phi) is 4.99. The average Bonchev–Trinajstić information content (AvgIpc) is 2.34. The molecule has 0 aromatic carbocycles. The first-order valence-corrected chi connectivity index (χ1v) is 7.06. The van der Waals surface area contributed by atoms with Gasteiger partial charge in [0.2, 0.25) is 0 Å². The fraction of sp³-hybridized carbons (Fsp3) is 0.929. The highest BCUT2D eigenvalue weighted by atomic mass is 16.5. The van der Waals surface area contributed by atoms with Crippen LogP contribution in [0.2, 0.25) is 0 Å². The minimum absolute atomic E-state index is 0.255. The average molecular weight is 239 g/mol. The number of likely N-dealkylation sites (tertiary alicyclic amines) is 1. The molecule has 0 saturated carbocycles. The largest absolute Gasteiger partial charge is 0.381 e. The molecular formula is C14H25NO2. The summed E-state index contributed by atoms with van der Waals surface area (Å²) in [7, 11) is 0. The third kappa shape index (κ3) is 3.78. The van der Waals surface area contributed by atoms with Gasteiger partial charge in [0.15, 0.2) is 0 Å². The molecule has 2 unspecified atom stereocenters. The van der Waals surface area contributed by atoms with Gasteiger partial charge in [-0.25, -0.2) is 0 Å². The molecule has 3 nitrogen and oxygen atoms in total. The Morgan fingerprint density at radius 2 is 1.88 bits per heavy atom. The van der Waals surface area contributed by atoms with Crippen molar-refractivity contribution in [3.8, 4) is 0 Å². The first kappa shape index (κ1) is 13.0. The van der Waals surface area contributed by atoms with Crippen molar-refractivity contribution < 1.29 is 9.53 Å². The molecule has 2 rings (SSSR count). The van der Waals surface area contributed by atoms with E-state index in [0.29, 0.717) is 6.04 Å². The SMILES string of the molecule is CC1CCCC(C=O)CN(C2CCOCC2)C1. The van der Waals surface area contributed by atoms with Crippen molar-refractivity contribution >= 4 is 6.29 Å². The highest BCUT2D eigenvalue weighted by Gasteiger charge is 2.26. The summed E-state index contributed by atoms with van der Waals surface area (Å²) in [5.41, 5.74) is 0. The molecule has 2 heterocycles. The molecule has 0 bridgehead atoms. The van der Waals surface area contributed by atoms with Gasteiger partial charge < -0.3 is 9.53 Å². The molecule has 0 aliphatic carbocycles. The minimum atomic E-state index is 0.255. The lowest BCUT2D eigenvalue weighted by Gasteiger charge is -2.38. The van der Waals surface area contributed by atoms with E-state index in [-0.39, 0.29) is 5.92 Å². The topological polar surface area (TPSA) is 29.5 Å². The van der Waals surface area contributed by atoms with Gasteiger partial charge in [-0.15, -0.1) is 0 Å². The molecule has 2 aliphatic heterocycles. The summed E-state index contributed by atoms with van der Waals surface area (Å²) in [6, 6.07) is 0.645. The zero-order valence-electron chi connectivity index (χ0n) is 10.9. The Bertz CT molecular complexity index is 238. The molecule has 0 spiro atoms. The van der Waals surface area contributed by atoms with Crippen LogP contribution in [-0.4, -0.2) is 43.5 Å². The van der Waals surface area contributed by atoms with E-state index < -0.39 is 0 Å². The van der Waals surface area contributed by atoms with Gasteiger partial charge >= 0.3 is 0 Å². The van der Waals surface area contributed by atoms with Gasteiger partial charge in [-0.3, -0.25) is 4.90 Å². The molecule has 0 N–H and O–H groups in total. The lowest BCUT2D eigenvalue weighted by Crippen LogP contribution is -2.45. The van der Waals surface area contributed by atoms with E-state index in [4.69, 9.17) is 4.74 Å². The van der Waals surface area contributed by atoms with Crippen molar-refractivity contribution in [2.45, 2.75) is 45.1 Å². The lowest BCUT2D eigenvalue weighted by atomic mass is 9.92. The quantitative estimate of drug-likeness (QED) is 0.691. The smallest absolute Gasteiger partial charge is 0.124 e. The van der Waals surface area contributed by atoms with Gasteiger partial charge in [0.05, 0.1) is 0 Å². The number of carbonyl (C=O) groups is 1. The van der Waals surface area contributed by atoms with E-state index in [2.05, 4.69) is 11.8 Å². The van der Waals surface area contributed by atoms with Crippen LogP contribution in [0.15, 0.2) is 0 Å². The molecule has 0 amide bonds. The van der Waals surface area contributed by atoms with Crippen molar-refractivity contribution in [1.82, 2.24) is 4.90 Å². The van der Waals surface area contributed by atoms with Crippen LogP contribution in [0.25, 0.3) is 0 Å². The first-order valence-electron chi connectivity index (χ1n) is 7.06. The number of nitrogens with zero attached hydrogens (tertiary/aromatic N) is 1. The van der Waals surface area contributed by atoms with Crippen LogP contribution in [0, 0.1) is 11.8 Å². The van der Waals surface area contributed by atoms with Gasteiger partial charge in [-0.2, -0.15) is 0 Å². The fourth-order valence-corrected chi connectivity index (χ4v) is 3.15. The maximum Gasteiger partial charge on any atom is 0.124 e. The third-order valence-corrected chi connectivity index (χ3v) is 4.19. The zero-order valence-corrected chi connectivity index (χ0v) is 10.9. The Balaban J connectivity index is 1.96. The fourth-order valence-electron chi connectivity index (χ4n) is 3.15. The number of hydrogen-bond acceptors (Lipinski definition) is 3. The van der Waals surface area contributed by atoms with E-state index in [1.54, 1.807) is 0 Å². The minimum Gasteiger partial charge on any atom is -0.381 e. The van der Waals surface area contributed by atoms with Crippen molar-refractivity contribution in [1.29, 1.82) is 0 Å². The van der Waals surface area contributed by atoms with Gasteiger partial charge in [-0.1, -0.05) is 13.3 Å². The monoisotopic (exact) mass is 239 g/mol. The molecule has 2 aliphatic rings. The summed E-state index contributed by atoms with van der Waals surface area (Å²) >= 11 is 0. The molecule has 0 aromatic rings. The second kappa shape index (κ2) is 6.50. The second-order valence-corrected chi connectivity index (χ2v) is 5.73. The van der Waals surface area contributed by atoms with E-state index in [0.717, 1.165) is 51.5 Å². The second-order valence-electron chi connectivity index (χ2n) is 5.73. The maximum absolute atomic E-state index is 11.1. The summed E-state index contributed by atoms with van der Waals surface area (Å²) in [6.45, 7) is 6.25. The Labute approximate surface area is 105 Å². The standard InChI is InChI=1S/C14H25NO2/c1-12-3-2-4-13(11-16)10-15(9-12)14-5-7-17-8-6-14/h11-14H,2-10H2,1H3. The molecule has 17 heavy (non-hydrogen) atoms. The first-order chi connectivity index (χ1) is 8.29. The molecular weight excluding hydrogens is 214 g/mol. The summed E-state index contributed by atoms with van der Waals surface area (Å²) in [4.78, 5) is 13.6. The normalized spacial score (nSPS) is 33.9. The zero-order chi connectivity index (χ0) is 12.1. The number of carbonyl (C=O) groups excluding carboxylic acids is 1. The number of hydrogen-bond donors (Lipinski definition) is 0. The van der Waals surface area contributed by atoms with Crippen LogP contribution in [0.3, 0.4) is 0 Å². The maximum atomic E-state index is 11.1. The van der Waals surface area contributed by atoms with E-state index in [1.165, 1.54) is 19.1 Å². The molecule has 98 valence electrons. The van der Waals surface area contributed by atoms with Gasteiger partial charge in [0, 0.05) is 38.3 Å². The lowest BCUT2D eigenvalue weighted by molar-refractivity contribution is -0.112. The molecule has 2 saturated heterocycles. The van der Waals surface area contributed by atoms with Gasteiger partial charge in [0.1, 0.15) is 6.29 Å². The summed E-state index contributed by atoms with van der Waals surface area (Å²) in [5.74, 6) is 1.02. The van der Waals surface area contributed by atoms with E-state index in [1.807, 2.05) is 0 Å². The molecule has 0 aromatic heterocycles. The van der Waals surface area contributed by atoms with Gasteiger partial charge in [-0.05, 0) is 31.6 Å². The van der Waals surface area contributed by atoms with Crippen LogP contribution < -0.4 is 0 Å². The molecule has 2 atom stereocenters. The van der Waals surface area contributed by atoms with Crippen molar-refractivity contribution in [2.75, 3.05) is 26.3 Å². The Morgan fingerprint density at radius 1 is 1.12 bits per heavy atom. The number of ether oxygens (including phenoxy) is 1. The molecule has 0 radical (unpaired) electrons. The van der Waals surface area contributed by atoms with Crippen LogP contribution >= 0.6 is 0 Å². The van der Waals surface area contributed by atoms with Crippen LogP contribution in [-0.2, 0) is 9.53 Å². The Morgan fingerprint density at radius 3 is 2.59 bits per heavy atom. The van der Waals surface area contributed by atoms with Crippen LogP contribution in [0.4, 0.5) is 0 Å². The molecule has 2 fully saturated rings. The predicted molar refractivity (Wildman–Crippen MR) is 68.0 cm³/mol. The van der Waals surface area contributed by atoms with Crippen molar-refractivity contribution in [2.24, 2.45) is 11.8 Å². The van der Waals surface area contributed by atoms with Gasteiger partial charge in [0.25, 0.3) is 0 Å². The molecule has 3 heteroatoms. The van der Waals surface area contributed by atoms with Crippen molar-refractivity contribution in [3.05, 3.63) is 0 Å². The van der Waals surface area contributed by atoms with E-state index >= 15 is 0 Å². The van der Waals surface area contributed by atoms with E-state index in [9.17, 15) is 4.79 Å². The van der Waals surface area contributed by atoms with Crippen LogP contribution in [0.5, 0.6) is 0 Å². The highest BCUT2D eigenvalue weighted by molar-refractivity contribution is 5.53. The highest BCUT2D eigenvalue weighted by Crippen LogP contribution is 2.23. The van der Waals surface area contributed by atoms with Crippen molar-refractivity contribution in [3.63, 3.8) is 0 Å². The summed E-state index contributed by atoms with van der Waals surface area (Å²) in [6.07, 6.45) is 7.00. The van der Waals surface area contributed by atoms with Crippen LogP contribution in [0.1, 0.15) is 39.0 Å². The predicted octanol–water partition coefficient (Wildman–Crippen LogP) is 2.10.